The summed E-state index contributed by atoms with van der Waals surface area (Å²) in [6.07, 6.45) is 4.61. The fourth-order valence-corrected chi connectivity index (χ4v) is 3.88. The van der Waals surface area contributed by atoms with Gasteiger partial charge in [-0.2, -0.15) is 5.10 Å². The van der Waals surface area contributed by atoms with Gasteiger partial charge in [0.25, 0.3) is 0 Å². The zero-order chi connectivity index (χ0) is 19.4. The van der Waals surface area contributed by atoms with Gasteiger partial charge in [-0.15, -0.1) is 0 Å². The molecule has 0 spiro atoms. The van der Waals surface area contributed by atoms with Gasteiger partial charge < -0.3 is 10.1 Å². The first-order valence-corrected chi connectivity index (χ1v) is 9.67. The quantitative estimate of drug-likeness (QED) is 0.874. The van der Waals surface area contributed by atoms with Crippen molar-refractivity contribution >= 4 is 11.6 Å². The van der Waals surface area contributed by atoms with E-state index in [1.54, 1.807) is 11.8 Å². The number of amides is 1. The van der Waals surface area contributed by atoms with Crippen LogP contribution < -0.4 is 10.1 Å². The van der Waals surface area contributed by atoms with Gasteiger partial charge in [-0.1, -0.05) is 25.0 Å². The molecule has 1 atom stereocenters. The van der Waals surface area contributed by atoms with Crippen molar-refractivity contribution in [1.82, 2.24) is 14.7 Å². The topological polar surface area (TPSA) is 59.4 Å². The summed E-state index contributed by atoms with van der Waals surface area (Å²) in [7, 11) is 3.58. The first-order valence-electron chi connectivity index (χ1n) is 9.67. The van der Waals surface area contributed by atoms with Gasteiger partial charge in [0.15, 0.2) is 0 Å². The van der Waals surface area contributed by atoms with Crippen molar-refractivity contribution in [2.75, 3.05) is 25.5 Å². The molecule has 1 amide bonds. The summed E-state index contributed by atoms with van der Waals surface area (Å²) >= 11 is 0. The van der Waals surface area contributed by atoms with Crippen LogP contribution in [-0.4, -0.2) is 40.8 Å². The number of likely N-dealkylation sites (tertiary alicyclic amines) is 1. The Hall–Kier alpha value is -2.34. The van der Waals surface area contributed by atoms with Crippen molar-refractivity contribution < 1.29 is 9.53 Å². The summed E-state index contributed by atoms with van der Waals surface area (Å²) in [5.74, 6) is 0.883. The maximum atomic E-state index is 12.8. The number of ether oxygens (including phenoxy) is 1. The van der Waals surface area contributed by atoms with Crippen molar-refractivity contribution in [3.8, 4) is 5.75 Å². The van der Waals surface area contributed by atoms with Crippen LogP contribution in [0.1, 0.15) is 48.7 Å². The predicted octanol–water partition coefficient (Wildman–Crippen LogP) is 3.60. The molecule has 3 rings (SSSR count). The van der Waals surface area contributed by atoms with E-state index in [0.29, 0.717) is 6.54 Å². The number of aromatic nitrogens is 2. The van der Waals surface area contributed by atoms with E-state index in [1.165, 1.54) is 18.4 Å². The average Bonchev–Trinajstić information content (AvgIpc) is 2.84. The molecule has 0 radical (unpaired) electrons. The Bertz CT molecular complexity index is 782. The lowest BCUT2D eigenvalue weighted by molar-refractivity contribution is -0.117. The number of rotatable bonds is 5. The Morgan fingerprint density at radius 3 is 2.59 bits per heavy atom. The summed E-state index contributed by atoms with van der Waals surface area (Å²) < 4.78 is 7.08. The standard InChI is InChI=1S/C21H30N4O2/c1-15-21(16(2)24(3)23-15)22-20(26)14-25-13-7-5-6-8-19(25)17-9-11-18(27-4)12-10-17/h9-12,19H,5-8,13-14H2,1-4H3,(H,22,26)/t19-/m1/s1. The summed E-state index contributed by atoms with van der Waals surface area (Å²) in [5, 5.41) is 7.45. The molecule has 146 valence electrons. The second kappa shape index (κ2) is 8.57. The summed E-state index contributed by atoms with van der Waals surface area (Å²) in [5.41, 5.74) is 3.91. The minimum atomic E-state index is 0.0228. The van der Waals surface area contributed by atoms with Gasteiger partial charge in [0.2, 0.25) is 5.91 Å². The Morgan fingerprint density at radius 1 is 1.22 bits per heavy atom. The van der Waals surface area contributed by atoms with Crippen molar-refractivity contribution in [3.63, 3.8) is 0 Å². The zero-order valence-electron chi connectivity index (χ0n) is 16.8. The summed E-state index contributed by atoms with van der Waals surface area (Å²) in [6.45, 7) is 5.23. The number of carbonyl (C=O) groups is 1. The molecule has 6 heteroatoms. The Balaban J connectivity index is 1.73. The van der Waals surface area contributed by atoms with E-state index in [9.17, 15) is 4.79 Å². The van der Waals surface area contributed by atoms with Crippen molar-refractivity contribution in [2.24, 2.45) is 7.05 Å². The maximum Gasteiger partial charge on any atom is 0.238 e. The third-order valence-electron chi connectivity index (χ3n) is 5.48. The lowest BCUT2D eigenvalue weighted by Crippen LogP contribution is -2.36. The third-order valence-corrected chi connectivity index (χ3v) is 5.48. The van der Waals surface area contributed by atoms with E-state index >= 15 is 0 Å². The van der Waals surface area contributed by atoms with Gasteiger partial charge in [-0.3, -0.25) is 14.4 Å². The third kappa shape index (κ3) is 4.50. The Kier molecular flexibility index (Phi) is 6.16. The van der Waals surface area contributed by atoms with Crippen LogP contribution in [0.3, 0.4) is 0 Å². The number of benzene rings is 1. The number of methoxy groups -OCH3 is 1. The normalized spacial score (nSPS) is 18.1. The molecule has 0 saturated carbocycles. The molecule has 2 aromatic rings. The molecular formula is C21H30N4O2. The lowest BCUT2D eigenvalue weighted by Gasteiger charge is -2.29. The molecule has 1 aromatic carbocycles. The minimum absolute atomic E-state index is 0.0228. The largest absolute Gasteiger partial charge is 0.497 e. The lowest BCUT2D eigenvalue weighted by atomic mass is 10.0. The highest BCUT2D eigenvalue weighted by Crippen LogP contribution is 2.31. The van der Waals surface area contributed by atoms with E-state index in [2.05, 4.69) is 27.4 Å². The molecular weight excluding hydrogens is 340 g/mol. The molecule has 1 aliphatic heterocycles. The maximum absolute atomic E-state index is 12.8. The fraction of sp³-hybridized carbons (Fsp3) is 0.524. The molecule has 0 bridgehead atoms. The molecule has 1 fully saturated rings. The van der Waals surface area contributed by atoms with Crippen LogP contribution in [0.15, 0.2) is 24.3 Å². The number of hydrogen-bond acceptors (Lipinski definition) is 4. The average molecular weight is 370 g/mol. The molecule has 2 heterocycles. The molecule has 1 saturated heterocycles. The first kappa shape index (κ1) is 19.4. The van der Waals surface area contributed by atoms with E-state index in [0.717, 1.165) is 42.2 Å². The highest BCUT2D eigenvalue weighted by molar-refractivity contribution is 5.93. The number of nitrogens with zero attached hydrogens (tertiary/aromatic N) is 3. The molecule has 1 aliphatic rings. The highest BCUT2D eigenvalue weighted by atomic mass is 16.5. The van der Waals surface area contributed by atoms with Crippen LogP contribution in [0.25, 0.3) is 0 Å². The van der Waals surface area contributed by atoms with Crippen LogP contribution >= 0.6 is 0 Å². The molecule has 0 unspecified atom stereocenters. The zero-order valence-corrected chi connectivity index (χ0v) is 16.8. The van der Waals surface area contributed by atoms with Crippen LogP contribution in [-0.2, 0) is 11.8 Å². The smallest absolute Gasteiger partial charge is 0.238 e. The molecule has 27 heavy (non-hydrogen) atoms. The molecule has 1 aromatic heterocycles. The van der Waals surface area contributed by atoms with E-state index in [4.69, 9.17) is 4.74 Å². The van der Waals surface area contributed by atoms with Gasteiger partial charge in [0, 0.05) is 13.1 Å². The van der Waals surface area contributed by atoms with Crippen molar-refractivity contribution in [2.45, 2.75) is 45.6 Å². The SMILES string of the molecule is COc1ccc([C@H]2CCCCCN2CC(=O)Nc2c(C)nn(C)c2C)cc1. The van der Waals surface area contributed by atoms with Gasteiger partial charge >= 0.3 is 0 Å². The summed E-state index contributed by atoms with van der Waals surface area (Å²) in [4.78, 5) is 15.1. The number of nitrogens with one attached hydrogen (secondary N) is 1. The first-order chi connectivity index (χ1) is 13.0. The number of hydrogen-bond donors (Lipinski definition) is 1. The van der Waals surface area contributed by atoms with Crippen LogP contribution in [0.5, 0.6) is 5.75 Å². The predicted molar refractivity (Wildman–Crippen MR) is 107 cm³/mol. The van der Waals surface area contributed by atoms with E-state index in [-0.39, 0.29) is 11.9 Å². The number of aryl methyl sites for hydroxylation is 2. The van der Waals surface area contributed by atoms with Gasteiger partial charge in [0.1, 0.15) is 5.75 Å². The van der Waals surface area contributed by atoms with E-state index < -0.39 is 0 Å². The molecule has 0 aliphatic carbocycles. The fourth-order valence-electron chi connectivity index (χ4n) is 3.88. The Labute approximate surface area is 161 Å². The van der Waals surface area contributed by atoms with Crippen LogP contribution in [0, 0.1) is 13.8 Å². The molecule has 1 N–H and O–H groups in total. The van der Waals surface area contributed by atoms with Crippen molar-refractivity contribution in [1.29, 1.82) is 0 Å². The van der Waals surface area contributed by atoms with Gasteiger partial charge in [0.05, 0.1) is 30.7 Å². The van der Waals surface area contributed by atoms with E-state index in [1.807, 2.05) is 33.0 Å². The Morgan fingerprint density at radius 2 is 1.96 bits per heavy atom. The number of anilines is 1. The van der Waals surface area contributed by atoms with Crippen LogP contribution in [0.2, 0.25) is 0 Å². The number of carbonyl (C=O) groups excluding carboxylic acids is 1. The second-order valence-electron chi connectivity index (χ2n) is 7.33. The monoisotopic (exact) mass is 370 g/mol. The van der Waals surface area contributed by atoms with Gasteiger partial charge in [-0.25, -0.2) is 0 Å². The molecule has 6 nitrogen and oxygen atoms in total. The second-order valence-corrected chi connectivity index (χ2v) is 7.33. The van der Waals surface area contributed by atoms with Gasteiger partial charge in [-0.05, 0) is 50.9 Å². The van der Waals surface area contributed by atoms with Crippen molar-refractivity contribution in [3.05, 3.63) is 41.2 Å². The summed E-state index contributed by atoms with van der Waals surface area (Å²) in [6, 6.07) is 8.51. The minimum Gasteiger partial charge on any atom is -0.497 e. The van der Waals surface area contributed by atoms with Crippen LogP contribution in [0.4, 0.5) is 5.69 Å². The highest BCUT2D eigenvalue weighted by Gasteiger charge is 2.25.